The van der Waals surface area contributed by atoms with E-state index in [0.29, 0.717) is 12.6 Å². The van der Waals surface area contributed by atoms with Crippen LogP contribution in [0.25, 0.3) is 0 Å². The van der Waals surface area contributed by atoms with E-state index < -0.39 is 0 Å². The summed E-state index contributed by atoms with van der Waals surface area (Å²) < 4.78 is 5.14. The Kier molecular flexibility index (Phi) is 5.05. The Labute approximate surface area is 97.6 Å². The Bertz CT molecular complexity index is 315. The van der Waals surface area contributed by atoms with Gasteiger partial charge < -0.3 is 15.0 Å². The van der Waals surface area contributed by atoms with Crippen LogP contribution in [0.1, 0.15) is 13.3 Å². The van der Waals surface area contributed by atoms with Crippen molar-refractivity contribution in [2.45, 2.75) is 19.4 Å². The number of methoxy groups -OCH3 is 1. The molecule has 90 valence electrons. The van der Waals surface area contributed by atoms with Crippen LogP contribution in [0.2, 0.25) is 0 Å². The summed E-state index contributed by atoms with van der Waals surface area (Å²) in [6.07, 6.45) is 2.83. The largest absolute Gasteiger partial charge is 0.383 e. The van der Waals surface area contributed by atoms with Crippen LogP contribution in [0.15, 0.2) is 18.3 Å². The maximum atomic E-state index is 5.14. The monoisotopic (exact) mass is 223 g/mol. The maximum Gasteiger partial charge on any atom is 0.128 e. The van der Waals surface area contributed by atoms with Gasteiger partial charge in [0.15, 0.2) is 0 Å². The molecule has 0 fully saturated rings. The lowest BCUT2D eigenvalue weighted by Crippen LogP contribution is -2.24. The molecular formula is C12H21N3O. The topological polar surface area (TPSA) is 37.4 Å². The number of rotatable bonds is 6. The maximum absolute atomic E-state index is 5.14. The molecule has 1 N–H and O–H groups in total. The van der Waals surface area contributed by atoms with Crippen LogP contribution in [0.5, 0.6) is 0 Å². The van der Waals surface area contributed by atoms with Gasteiger partial charge in [-0.25, -0.2) is 4.98 Å². The summed E-state index contributed by atoms with van der Waals surface area (Å²) >= 11 is 0. The number of ether oxygens (including phenoxy) is 1. The second kappa shape index (κ2) is 6.33. The molecule has 1 aromatic rings. The Morgan fingerprint density at radius 2 is 2.25 bits per heavy atom. The van der Waals surface area contributed by atoms with E-state index in [0.717, 1.165) is 17.9 Å². The molecule has 0 aliphatic heterocycles. The fraction of sp³-hybridized carbons (Fsp3) is 0.583. The van der Waals surface area contributed by atoms with Gasteiger partial charge in [0.25, 0.3) is 0 Å². The third-order valence-electron chi connectivity index (χ3n) is 2.47. The van der Waals surface area contributed by atoms with Gasteiger partial charge in [-0.2, -0.15) is 0 Å². The summed E-state index contributed by atoms with van der Waals surface area (Å²) in [6, 6.07) is 4.34. The molecule has 1 unspecified atom stereocenters. The van der Waals surface area contributed by atoms with Crippen LogP contribution in [0, 0.1) is 0 Å². The minimum Gasteiger partial charge on any atom is -0.383 e. The van der Waals surface area contributed by atoms with E-state index in [9.17, 15) is 0 Å². The number of hydrogen-bond acceptors (Lipinski definition) is 4. The highest BCUT2D eigenvalue weighted by atomic mass is 16.5. The highest BCUT2D eigenvalue weighted by Gasteiger charge is 2.06. The minimum atomic E-state index is 0.315. The van der Waals surface area contributed by atoms with Crippen LogP contribution in [0.4, 0.5) is 11.5 Å². The first-order valence-corrected chi connectivity index (χ1v) is 5.56. The first kappa shape index (κ1) is 12.8. The van der Waals surface area contributed by atoms with Crippen molar-refractivity contribution >= 4 is 11.5 Å². The van der Waals surface area contributed by atoms with E-state index in [2.05, 4.69) is 22.1 Å². The predicted octanol–water partition coefficient (Wildman–Crippen LogP) is 1.98. The van der Waals surface area contributed by atoms with Crippen molar-refractivity contribution in [3.63, 3.8) is 0 Å². The summed E-state index contributed by atoms with van der Waals surface area (Å²) in [7, 11) is 5.76. The number of anilines is 2. The van der Waals surface area contributed by atoms with Crippen LogP contribution >= 0.6 is 0 Å². The van der Waals surface area contributed by atoms with Crippen LogP contribution in [0.3, 0.4) is 0 Å². The van der Waals surface area contributed by atoms with E-state index in [1.165, 1.54) is 0 Å². The van der Waals surface area contributed by atoms with Gasteiger partial charge in [-0.1, -0.05) is 6.92 Å². The van der Waals surface area contributed by atoms with Crippen molar-refractivity contribution in [1.82, 2.24) is 4.98 Å². The van der Waals surface area contributed by atoms with Gasteiger partial charge >= 0.3 is 0 Å². The normalized spacial score (nSPS) is 12.2. The smallest absolute Gasteiger partial charge is 0.128 e. The van der Waals surface area contributed by atoms with Crippen molar-refractivity contribution in [3.8, 4) is 0 Å². The minimum absolute atomic E-state index is 0.315. The fourth-order valence-corrected chi connectivity index (χ4v) is 1.45. The number of nitrogens with zero attached hydrogens (tertiary/aromatic N) is 2. The summed E-state index contributed by atoms with van der Waals surface area (Å²) in [5.41, 5.74) is 1.14. The van der Waals surface area contributed by atoms with Gasteiger partial charge in [0.1, 0.15) is 5.82 Å². The molecule has 1 atom stereocenters. The molecule has 0 radical (unpaired) electrons. The summed E-state index contributed by atoms with van der Waals surface area (Å²) in [4.78, 5) is 6.36. The third-order valence-corrected chi connectivity index (χ3v) is 2.47. The molecular weight excluding hydrogens is 202 g/mol. The SMILES string of the molecule is CCC(COC)Nc1cc(N(C)C)ccn1. The zero-order valence-corrected chi connectivity index (χ0v) is 10.5. The Morgan fingerprint density at radius 3 is 2.81 bits per heavy atom. The summed E-state index contributed by atoms with van der Waals surface area (Å²) in [5.74, 6) is 0.898. The standard InChI is InChI=1S/C12H21N3O/c1-5-10(9-16-4)14-12-8-11(15(2)3)6-7-13-12/h6-8,10H,5,9H2,1-4H3,(H,13,14). The van der Waals surface area contributed by atoms with E-state index in [4.69, 9.17) is 4.74 Å². The second-order valence-electron chi connectivity index (χ2n) is 4.00. The second-order valence-corrected chi connectivity index (χ2v) is 4.00. The molecule has 0 aromatic carbocycles. The molecule has 0 amide bonds. The summed E-state index contributed by atoms with van der Waals surface area (Å²) in [5, 5.41) is 3.36. The van der Waals surface area contributed by atoms with Gasteiger partial charge in [0, 0.05) is 39.2 Å². The van der Waals surface area contributed by atoms with E-state index >= 15 is 0 Å². The fourth-order valence-electron chi connectivity index (χ4n) is 1.45. The Hall–Kier alpha value is -1.29. The lowest BCUT2D eigenvalue weighted by Gasteiger charge is -2.18. The van der Waals surface area contributed by atoms with E-state index in [1.807, 2.05) is 32.4 Å². The van der Waals surface area contributed by atoms with E-state index in [-0.39, 0.29) is 0 Å². The lowest BCUT2D eigenvalue weighted by atomic mass is 10.2. The van der Waals surface area contributed by atoms with Crippen molar-refractivity contribution in [2.24, 2.45) is 0 Å². The average Bonchev–Trinajstić information content (AvgIpc) is 2.29. The zero-order chi connectivity index (χ0) is 12.0. The first-order valence-electron chi connectivity index (χ1n) is 5.56. The van der Waals surface area contributed by atoms with Crippen LogP contribution in [-0.4, -0.2) is 38.8 Å². The van der Waals surface area contributed by atoms with E-state index in [1.54, 1.807) is 7.11 Å². The first-order chi connectivity index (χ1) is 7.67. The Morgan fingerprint density at radius 1 is 1.50 bits per heavy atom. The van der Waals surface area contributed by atoms with Gasteiger partial charge in [-0.15, -0.1) is 0 Å². The molecule has 4 heteroatoms. The lowest BCUT2D eigenvalue weighted by molar-refractivity contribution is 0.184. The molecule has 1 heterocycles. The molecule has 16 heavy (non-hydrogen) atoms. The summed E-state index contributed by atoms with van der Waals surface area (Å²) in [6.45, 7) is 2.83. The number of hydrogen-bond donors (Lipinski definition) is 1. The molecule has 0 saturated carbocycles. The highest BCUT2D eigenvalue weighted by molar-refractivity contribution is 5.53. The van der Waals surface area contributed by atoms with Gasteiger partial charge in [0.2, 0.25) is 0 Å². The zero-order valence-electron chi connectivity index (χ0n) is 10.5. The van der Waals surface area contributed by atoms with Gasteiger partial charge in [-0.05, 0) is 12.5 Å². The van der Waals surface area contributed by atoms with Gasteiger partial charge in [0.05, 0.1) is 12.6 Å². The molecule has 1 aromatic heterocycles. The quantitative estimate of drug-likeness (QED) is 0.800. The molecule has 0 saturated heterocycles. The number of nitrogens with one attached hydrogen (secondary N) is 1. The van der Waals surface area contributed by atoms with Crippen molar-refractivity contribution in [1.29, 1.82) is 0 Å². The molecule has 4 nitrogen and oxygen atoms in total. The van der Waals surface area contributed by atoms with Crippen molar-refractivity contribution in [3.05, 3.63) is 18.3 Å². The predicted molar refractivity (Wildman–Crippen MR) is 68.1 cm³/mol. The molecule has 0 aliphatic carbocycles. The number of pyridine rings is 1. The van der Waals surface area contributed by atoms with Crippen molar-refractivity contribution < 1.29 is 4.74 Å². The van der Waals surface area contributed by atoms with Crippen molar-refractivity contribution in [2.75, 3.05) is 38.0 Å². The number of aromatic nitrogens is 1. The van der Waals surface area contributed by atoms with Crippen LogP contribution in [-0.2, 0) is 4.74 Å². The van der Waals surface area contributed by atoms with Gasteiger partial charge in [-0.3, -0.25) is 0 Å². The van der Waals surface area contributed by atoms with Crippen LogP contribution < -0.4 is 10.2 Å². The average molecular weight is 223 g/mol. The molecule has 0 aliphatic rings. The Balaban J connectivity index is 2.68. The highest BCUT2D eigenvalue weighted by Crippen LogP contribution is 2.15. The molecule has 1 rings (SSSR count). The molecule has 0 bridgehead atoms. The third kappa shape index (κ3) is 3.70. The molecule has 0 spiro atoms.